The number of amides is 1. The molecule has 6 nitrogen and oxygen atoms in total. The van der Waals surface area contributed by atoms with Crippen LogP contribution in [0.4, 0.5) is 0 Å². The Kier molecular flexibility index (Phi) is 11.7. The quantitative estimate of drug-likeness (QED) is 0.319. The maximum absolute atomic E-state index is 12.0. The lowest BCUT2D eigenvalue weighted by Crippen LogP contribution is -2.42. The van der Waals surface area contributed by atoms with Gasteiger partial charge in [-0.1, -0.05) is 48.5 Å². The maximum Gasteiger partial charge on any atom is 0.222 e. The summed E-state index contributed by atoms with van der Waals surface area (Å²) in [5, 5.41) is 6.13. The Balaban J connectivity index is 0.00000392. The van der Waals surface area contributed by atoms with Crippen molar-refractivity contribution in [3.63, 3.8) is 0 Å². The van der Waals surface area contributed by atoms with Gasteiger partial charge >= 0.3 is 0 Å². The zero-order chi connectivity index (χ0) is 19.3. The fourth-order valence-corrected chi connectivity index (χ4v) is 2.48. The highest BCUT2D eigenvalue weighted by molar-refractivity contribution is 14.0. The smallest absolute Gasteiger partial charge is 0.222 e. The zero-order valence-electron chi connectivity index (χ0n) is 16.4. The van der Waals surface area contributed by atoms with Gasteiger partial charge in [0.05, 0.1) is 6.54 Å². The molecule has 0 aliphatic carbocycles. The van der Waals surface area contributed by atoms with Crippen molar-refractivity contribution < 1.29 is 9.53 Å². The van der Waals surface area contributed by atoms with Gasteiger partial charge in [0.15, 0.2) is 5.96 Å². The van der Waals surface area contributed by atoms with Crippen LogP contribution in [-0.2, 0) is 11.3 Å². The molecule has 7 heteroatoms. The highest BCUT2D eigenvalue weighted by atomic mass is 127. The van der Waals surface area contributed by atoms with E-state index in [0.29, 0.717) is 32.7 Å². The molecule has 0 aliphatic heterocycles. The van der Waals surface area contributed by atoms with Crippen LogP contribution in [-0.4, -0.2) is 50.6 Å². The summed E-state index contributed by atoms with van der Waals surface area (Å²) in [6.07, 6.45) is 0.389. The van der Waals surface area contributed by atoms with Crippen molar-refractivity contribution in [1.29, 1.82) is 0 Å². The lowest BCUT2D eigenvalue weighted by Gasteiger charge is -2.22. The SMILES string of the molecule is CN=C(NCCC(=O)NCc1ccccc1)N(C)CCOc1ccccc1.I. The lowest BCUT2D eigenvalue weighted by atomic mass is 10.2. The fourth-order valence-electron chi connectivity index (χ4n) is 2.48. The third kappa shape index (κ3) is 9.07. The highest BCUT2D eigenvalue weighted by Crippen LogP contribution is 2.07. The number of nitrogens with zero attached hydrogens (tertiary/aromatic N) is 2. The number of carbonyl (C=O) groups excluding carboxylic acids is 1. The molecule has 0 radical (unpaired) electrons. The van der Waals surface area contributed by atoms with E-state index in [-0.39, 0.29) is 29.9 Å². The Morgan fingerprint density at radius 1 is 1.04 bits per heavy atom. The first-order valence-electron chi connectivity index (χ1n) is 9.09. The predicted octanol–water partition coefficient (Wildman–Crippen LogP) is 2.90. The second-order valence-corrected chi connectivity index (χ2v) is 6.07. The first-order valence-corrected chi connectivity index (χ1v) is 9.09. The van der Waals surface area contributed by atoms with Crippen molar-refractivity contribution in [2.24, 2.45) is 4.99 Å². The minimum atomic E-state index is 0. The normalized spacial score (nSPS) is 10.6. The summed E-state index contributed by atoms with van der Waals surface area (Å²) in [5.41, 5.74) is 1.09. The minimum Gasteiger partial charge on any atom is -0.492 e. The highest BCUT2D eigenvalue weighted by Gasteiger charge is 2.07. The average molecular weight is 496 g/mol. The molecular formula is C21H29IN4O2. The molecule has 2 aromatic carbocycles. The summed E-state index contributed by atoms with van der Waals surface area (Å²) in [5.74, 6) is 1.60. The van der Waals surface area contributed by atoms with Gasteiger partial charge in [0, 0.05) is 33.6 Å². The molecular weight excluding hydrogens is 467 g/mol. The Labute approximate surface area is 184 Å². The largest absolute Gasteiger partial charge is 0.492 e. The molecule has 0 spiro atoms. The van der Waals surface area contributed by atoms with E-state index in [4.69, 9.17) is 4.74 Å². The van der Waals surface area contributed by atoms with E-state index in [1.165, 1.54) is 0 Å². The topological polar surface area (TPSA) is 66.0 Å². The molecule has 1 amide bonds. The van der Waals surface area contributed by atoms with Gasteiger partial charge in [0.25, 0.3) is 0 Å². The van der Waals surface area contributed by atoms with Gasteiger partial charge in [-0.05, 0) is 17.7 Å². The van der Waals surface area contributed by atoms with Gasteiger partial charge in [-0.15, -0.1) is 24.0 Å². The first-order chi connectivity index (χ1) is 13.2. The van der Waals surface area contributed by atoms with Gasteiger partial charge in [-0.2, -0.15) is 0 Å². The molecule has 0 unspecified atom stereocenters. The van der Waals surface area contributed by atoms with E-state index in [0.717, 1.165) is 17.3 Å². The number of hydrogen-bond donors (Lipinski definition) is 2. The van der Waals surface area contributed by atoms with Gasteiger partial charge in [-0.25, -0.2) is 0 Å². The van der Waals surface area contributed by atoms with E-state index in [2.05, 4.69) is 15.6 Å². The number of para-hydroxylation sites is 1. The Bertz CT molecular complexity index is 711. The van der Waals surface area contributed by atoms with Crippen LogP contribution in [0.15, 0.2) is 65.7 Å². The summed E-state index contributed by atoms with van der Waals surface area (Å²) in [7, 11) is 3.67. The number of rotatable bonds is 9. The summed E-state index contributed by atoms with van der Waals surface area (Å²) in [4.78, 5) is 18.2. The van der Waals surface area contributed by atoms with E-state index in [1.807, 2.05) is 72.6 Å². The molecule has 0 bridgehead atoms. The Hall–Kier alpha value is -2.29. The number of nitrogens with one attached hydrogen (secondary N) is 2. The summed E-state index contributed by atoms with van der Waals surface area (Å²) >= 11 is 0. The molecule has 2 aromatic rings. The summed E-state index contributed by atoms with van der Waals surface area (Å²) < 4.78 is 5.70. The average Bonchev–Trinajstić information content (AvgIpc) is 2.71. The molecule has 28 heavy (non-hydrogen) atoms. The van der Waals surface area contributed by atoms with Gasteiger partial charge in [-0.3, -0.25) is 9.79 Å². The maximum atomic E-state index is 12.0. The standard InChI is InChI=1S/C21H28N4O2.HI/c1-22-21(25(2)15-16-27-19-11-7-4-8-12-19)23-14-13-20(26)24-17-18-9-5-3-6-10-18;/h3-12H,13-17H2,1-2H3,(H,22,23)(H,24,26);1H. The van der Waals surface area contributed by atoms with E-state index < -0.39 is 0 Å². The molecule has 0 saturated heterocycles. The van der Waals surface area contributed by atoms with Gasteiger partial charge in [0.1, 0.15) is 12.4 Å². The molecule has 2 rings (SSSR count). The second-order valence-electron chi connectivity index (χ2n) is 6.07. The number of aliphatic imine (C=N–C) groups is 1. The Morgan fingerprint density at radius 2 is 1.68 bits per heavy atom. The number of likely N-dealkylation sites (N-methyl/N-ethyl adjacent to an activating group) is 1. The van der Waals surface area contributed by atoms with Crippen LogP contribution >= 0.6 is 24.0 Å². The summed E-state index contributed by atoms with van der Waals surface area (Å²) in [6, 6.07) is 19.6. The number of carbonyl (C=O) groups is 1. The van der Waals surface area contributed by atoms with Crippen molar-refractivity contribution in [2.75, 3.05) is 33.8 Å². The van der Waals surface area contributed by atoms with E-state index in [1.54, 1.807) is 7.05 Å². The first kappa shape index (κ1) is 23.7. The van der Waals surface area contributed by atoms with Crippen molar-refractivity contribution in [3.05, 3.63) is 66.2 Å². The van der Waals surface area contributed by atoms with Crippen LogP contribution < -0.4 is 15.4 Å². The Morgan fingerprint density at radius 3 is 2.32 bits per heavy atom. The molecule has 0 fully saturated rings. The van der Waals surface area contributed by atoms with Crippen molar-refractivity contribution in [3.8, 4) is 5.75 Å². The number of benzene rings is 2. The molecule has 2 N–H and O–H groups in total. The van der Waals surface area contributed by atoms with Crippen molar-refractivity contribution >= 4 is 35.8 Å². The fraction of sp³-hybridized carbons (Fsp3) is 0.333. The van der Waals surface area contributed by atoms with Crippen molar-refractivity contribution in [2.45, 2.75) is 13.0 Å². The van der Waals surface area contributed by atoms with Gasteiger partial charge < -0.3 is 20.3 Å². The number of guanidine groups is 1. The number of ether oxygens (including phenoxy) is 1. The third-order valence-corrected chi connectivity index (χ3v) is 3.98. The molecule has 0 atom stereocenters. The monoisotopic (exact) mass is 496 g/mol. The van der Waals surface area contributed by atoms with E-state index >= 15 is 0 Å². The molecule has 0 saturated carbocycles. The van der Waals surface area contributed by atoms with Crippen LogP contribution in [0.3, 0.4) is 0 Å². The molecule has 0 heterocycles. The van der Waals surface area contributed by atoms with Crippen molar-refractivity contribution in [1.82, 2.24) is 15.5 Å². The number of hydrogen-bond acceptors (Lipinski definition) is 3. The number of halogens is 1. The third-order valence-electron chi connectivity index (χ3n) is 3.98. The molecule has 0 aliphatic rings. The predicted molar refractivity (Wildman–Crippen MR) is 124 cm³/mol. The molecule has 152 valence electrons. The molecule has 0 aromatic heterocycles. The van der Waals surface area contributed by atoms with Crippen LogP contribution in [0.1, 0.15) is 12.0 Å². The zero-order valence-corrected chi connectivity index (χ0v) is 18.8. The van der Waals surface area contributed by atoms with Crippen LogP contribution in [0.25, 0.3) is 0 Å². The second kappa shape index (κ2) is 13.8. The summed E-state index contributed by atoms with van der Waals surface area (Å²) in [6.45, 7) is 2.32. The lowest BCUT2D eigenvalue weighted by molar-refractivity contribution is -0.121. The van der Waals surface area contributed by atoms with Gasteiger partial charge in [0.2, 0.25) is 5.91 Å². The van der Waals surface area contributed by atoms with Crippen LogP contribution in [0, 0.1) is 0 Å². The van der Waals surface area contributed by atoms with Crippen LogP contribution in [0.2, 0.25) is 0 Å². The minimum absolute atomic E-state index is 0. The van der Waals surface area contributed by atoms with Crippen LogP contribution in [0.5, 0.6) is 5.75 Å². The van der Waals surface area contributed by atoms with E-state index in [9.17, 15) is 4.79 Å².